The van der Waals surface area contributed by atoms with Crippen molar-refractivity contribution in [1.82, 2.24) is 10.6 Å². The summed E-state index contributed by atoms with van der Waals surface area (Å²) in [5.74, 6) is 0. The number of nitrogens with two attached hydrogens (primary N) is 1. The van der Waals surface area contributed by atoms with Gasteiger partial charge in [0.25, 0.3) is 0 Å². The minimum atomic E-state index is -3.67. The number of carbonyl (C=O) groups excluding carboxylic acids is 1. The van der Waals surface area contributed by atoms with Gasteiger partial charge in [-0.1, -0.05) is 25.1 Å². The summed E-state index contributed by atoms with van der Waals surface area (Å²) in [5.41, 5.74) is 0.780. The zero-order chi connectivity index (χ0) is 14.3. The number of carbonyl (C=O) groups is 1. The molecule has 104 valence electrons. The first-order chi connectivity index (χ1) is 8.93. The molecule has 0 radical (unpaired) electrons. The summed E-state index contributed by atoms with van der Waals surface area (Å²) in [4.78, 5) is 11.4. The number of primary sulfonamides is 1. The standard InChI is InChI=1S/C12H17N3O3S/c1-2-3-8-14-12(16)15-9-10-4-6-11(7-5-10)19(13,17)18/h3-8H,2,9H2,1H3,(H2,13,17,18)(H2,14,15,16)/b8-3+. The first-order valence-corrected chi connectivity index (χ1v) is 7.29. The Kier molecular flexibility index (Phi) is 5.53. The van der Waals surface area contributed by atoms with Gasteiger partial charge in [-0.2, -0.15) is 0 Å². The van der Waals surface area contributed by atoms with Gasteiger partial charge in [-0.15, -0.1) is 0 Å². The van der Waals surface area contributed by atoms with E-state index in [-0.39, 0.29) is 10.9 Å². The SMILES string of the molecule is CC/C=C/NC(=O)NCc1ccc(S(N)(=O)=O)cc1. The smallest absolute Gasteiger partial charge is 0.319 e. The van der Waals surface area contributed by atoms with Gasteiger partial charge in [0.2, 0.25) is 10.0 Å². The molecule has 19 heavy (non-hydrogen) atoms. The minimum Gasteiger partial charge on any atom is -0.334 e. The van der Waals surface area contributed by atoms with Crippen LogP contribution in [0.1, 0.15) is 18.9 Å². The second-order valence-electron chi connectivity index (χ2n) is 3.83. The van der Waals surface area contributed by atoms with Gasteiger partial charge in [-0.3, -0.25) is 0 Å². The van der Waals surface area contributed by atoms with E-state index in [9.17, 15) is 13.2 Å². The molecule has 1 aromatic rings. The van der Waals surface area contributed by atoms with E-state index >= 15 is 0 Å². The quantitative estimate of drug-likeness (QED) is 0.753. The maximum atomic E-state index is 11.3. The Hall–Kier alpha value is -1.86. The van der Waals surface area contributed by atoms with Gasteiger partial charge < -0.3 is 10.6 Å². The van der Waals surface area contributed by atoms with Gasteiger partial charge in [0.05, 0.1) is 4.90 Å². The monoisotopic (exact) mass is 283 g/mol. The average Bonchev–Trinajstić information content (AvgIpc) is 2.36. The Balaban J connectivity index is 2.51. The van der Waals surface area contributed by atoms with E-state index in [0.29, 0.717) is 6.54 Å². The number of sulfonamides is 1. The largest absolute Gasteiger partial charge is 0.334 e. The number of hydrogen-bond donors (Lipinski definition) is 3. The van der Waals surface area contributed by atoms with Crippen LogP contribution in [0.25, 0.3) is 0 Å². The lowest BCUT2D eigenvalue weighted by Gasteiger charge is -2.05. The second-order valence-corrected chi connectivity index (χ2v) is 5.39. The lowest BCUT2D eigenvalue weighted by molar-refractivity contribution is 0.243. The summed E-state index contributed by atoms with van der Waals surface area (Å²) in [7, 11) is -3.67. The molecular weight excluding hydrogens is 266 g/mol. The van der Waals surface area contributed by atoms with Crippen LogP contribution in [0.3, 0.4) is 0 Å². The van der Waals surface area contributed by atoms with E-state index in [1.807, 2.05) is 13.0 Å². The molecule has 0 aliphatic carbocycles. The fraction of sp³-hybridized carbons (Fsp3) is 0.250. The summed E-state index contributed by atoms with van der Waals surface area (Å²) < 4.78 is 22.1. The maximum absolute atomic E-state index is 11.3. The predicted octanol–water partition coefficient (Wildman–Crippen LogP) is 1.06. The van der Waals surface area contributed by atoms with Gasteiger partial charge in [-0.05, 0) is 24.1 Å². The van der Waals surface area contributed by atoms with Crippen molar-refractivity contribution in [2.24, 2.45) is 5.14 Å². The number of urea groups is 1. The summed E-state index contributed by atoms with van der Waals surface area (Å²) >= 11 is 0. The Morgan fingerprint density at radius 3 is 2.47 bits per heavy atom. The van der Waals surface area contributed by atoms with Gasteiger partial charge in [0.15, 0.2) is 0 Å². The number of nitrogens with one attached hydrogen (secondary N) is 2. The first kappa shape index (κ1) is 15.2. The van der Waals surface area contributed by atoms with Gasteiger partial charge in [0.1, 0.15) is 0 Å². The molecule has 2 amide bonds. The van der Waals surface area contributed by atoms with Crippen molar-refractivity contribution in [2.75, 3.05) is 0 Å². The van der Waals surface area contributed by atoms with Crippen LogP contribution < -0.4 is 15.8 Å². The van der Waals surface area contributed by atoms with Crippen LogP contribution in [0.15, 0.2) is 41.4 Å². The van der Waals surface area contributed by atoms with E-state index < -0.39 is 10.0 Å². The molecule has 0 bridgehead atoms. The fourth-order valence-corrected chi connectivity index (χ4v) is 1.80. The molecule has 0 atom stereocenters. The lowest BCUT2D eigenvalue weighted by atomic mass is 10.2. The molecule has 0 saturated heterocycles. The van der Waals surface area contributed by atoms with Crippen LogP contribution in [-0.4, -0.2) is 14.4 Å². The van der Waals surface area contributed by atoms with Crippen molar-refractivity contribution in [1.29, 1.82) is 0 Å². The van der Waals surface area contributed by atoms with Crippen molar-refractivity contribution in [2.45, 2.75) is 24.8 Å². The molecule has 0 heterocycles. The molecule has 1 aromatic carbocycles. The third kappa shape index (κ3) is 5.54. The normalized spacial score (nSPS) is 11.5. The van der Waals surface area contributed by atoms with Crippen LogP contribution in [-0.2, 0) is 16.6 Å². The van der Waals surface area contributed by atoms with Crippen molar-refractivity contribution in [3.05, 3.63) is 42.1 Å². The molecule has 0 spiro atoms. The van der Waals surface area contributed by atoms with Crippen molar-refractivity contribution in [3.8, 4) is 0 Å². The van der Waals surface area contributed by atoms with E-state index in [1.54, 1.807) is 18.3 Å². The molecular formula is C12H17N3O3S. The molecule has 0 unspecified atom stereocenters. The lowest BCUT2D eigenvalue weighted by Crippen LogP contribution is -2.31. The maximum Gasteiger partial charge on any atom is 0.319 e. The topological polar surface area (TPSA) is 101 Å². The summed E-state index contributed by atoms with van der Waals surface area (Å²) in [6.07, 6.45) is 4.23. The molecule has 0 saturated carbocycles. The van der Waals surface area contributed by atoms with Crippen LogP contribution >= 0.6 is 0 Å². The highest BCUT2D eigenvalue weighted by atomic mass is 32.2. The van der Waals surface area contributed by atoms with E-state index in [4.69, 9.17) is 5.14 Å². The Labute approximate surface area is 112 Å². The van der Waals surface area contributed by atoms with Gasteiger partial charge >= 0.3 is 6.03 Å². The van der Waals surface area contributed by atoms with Gasteiger partial charge in [-0.25, -0.2) is 18.4 Å². The Bertz CT molecular complexity index is 550. The highest BCUT2D eigenvalue weighted by Gasteiger charge is 2.06. The third-order valence-corrected chi connectivity index (χ3v) is 3.20. The molecule has 7 heteroatoms. The van der Waals surface area contributed by atoms with Crippen LogP contribution in [0.4, 0.5) is 4.79 Å². The van der Waals surface area contributed by atoms with Crippen molar-refractivity contribution in [3.63, 3.8) is 0 Å². The molecule has 6 nitrogen and oxygen atoms in total. The number of benzene rings is 1. The minimum absolute atomic E-state index is 0.0478. The Morgan fingerprint density at radius 2 is 1.95 bits per heavy atom. The first-order valence-electron chi connectivity index (χ1n) is 5.74. The van der Waals surface area contributed by atoms with Crippen molar-refractivity contribution >= 4 is 16.1 Å². The molecule has 4 N–H and O–H groups in total. The zero-order valence-electron chi connectivity index (χ0n) is 10.6. The van der Waals surface area contributed by atoms with Crippen molar-refractivity contribution < 1.29 is 13.2 Å². The highest BCUT2D eigenvalue weighted by Crippen LogP contribution is 2.08. The van der Waals surface area contributed by atoms with Crippen LogP contribution in [0.5, 0.6) is 0 Å². The highest BCUT2D eigenvalue weighted by molar-refractivity contribution is 7.89. The predicted molar refractivity (Wildman–Crippen MR) is 72.6 cm³/mol. The van der Waals surface area contributed by atoms with E-state index in [1.165, 1.54) is 12.1 Å². The third-order valence-electron chi connectivity index (χ3n) is 2.27. The summed E-state index contributed by atoms with van der Waals surface area (Å²) in [6.45, 7) is 2.26. The number of rotatable bonds is 5. The fourth-order valence-electron chi connectivity index (χ4n) is 1.28. The van der Waals surface area contributed by atoms with Gasteiger partial charge in [0, 0.05) is 12.7 Å². The Morgan fingerprint density at radius 1 is 1.32 bits per heavy atom. The second kappa shape index (κ2) is 6.91. The van der Waals surface area contributed by atoms with Crippen LogP contribution in [0, 0.1) is 0 Å². The average molecular weight is 283 g/mol. The van der Waals surface area contributed by atoms with E-state index in [0.717, 1.165) is 12.0 Å². The zero-order valence-corrected chi connectivity index (χ0v) is 11.4. The molecule has 0 aliphatic heterocycles. The number of hydrogen-bond acceptors (Lipinski definition) is 3. The number of allylic oxidation sites excluding steroid dienone is 1. The summed E-state index contributed by atoms with van der Waals surface area (Å²) in [5, 5.41) is 10.2. The molecule has 1 rings (SSSR count). The van der Waals surface area contributed by atoms with E-state index in [2.05, 4.69) is 10.6 Å². The molecule has 0 aliphatic rings. The van der Waals surface area contributed by atoms with Crippen LogP contribution in [0.2, 0.25) is 0 Å². The molecule has 0 aromatic heterocycles. The summed E-state index contributed by atoms with van der Waals surface area (Å²) in [6, 6.07) is 5.69. The number of amides is 2. The molecule has 0 fully saturated rings.